The molecular formula is C3H8N2. The Morgan fingerprint density at radius 1 is 1.80 bits per heavy atom. The lowest BCUT2D eigenvalue weighted by molar-refractivity contribution is -0.416. The maximum Gasteiger partial charge on any atom is 0.0393 e. The summed E-state index contributed by atoms with van der Waals surface area (Å²) >= 11 is 0. The molecule has 2 N–H and O–H groups in total. The standard InChI is InChI=1S/C3H8N2/c1-4-3-5-2/h4-5H,1-2H3. The van der Waals surface area contributed by atoms with E-state index in [0.29, 0.717) is 0 Å². The van der Waals surface area contributed by atoms with Crippen LogP contribution in [0.2, 0.25) is 0 Å². The van der Waals surface area contributed by atoms with Gasteiger partial charge in [-0.25, -0.2) is 0 Å². The summed E-state index contributed by atoms with van der Waals surface area (Å²) in [6.45, 7) is 0. The van der Waals surface area contributed by atoms with Gasteiger partial charge in [-0.1, -0.05) is 0 Å². The van der Waals surface area contributed by atoms with Gasteiger partial charge in [0.05, 0.1) is 0 Å². The Kier molecular flexibility index (Phi) is 3.10. The van der Waals surface area contributed by atoms with Crippen LogP contribution in [0.5, 0.6) is 0 Å². The van der Waals surface area contributed by atoms with Gasteiger partial charge in [-0.2, -0.15) is 0 Å². The summed E-state index contributed by atoms with van der Waals surface area (Å²) in [4.78, 5) is 2.66. The molecular weight excluding hydrogens is 64.0 g/mol. The van der Waals surface area contributed by atoms with Gasteiger partial charge in [0.1, 0.15) is 0 Å². The zero-order valence-corrected chi connectivity index (χ0v) is 3.50. The van der Waals surface area contributed by atoms with Crippen LogP contribution in [-0.2, 0) is 0 Å². The monoisotopic (exact) mass is 72.1 g/mol. The van der Waals surface area contributed by atoms with Crippen molar-refractivity contribution in [2.24, 2.45) is 0 Å². The smallest absolute Gasteiger partial charge is 0.0393 e. The Labute approximate surface area is 31.9 Å². The molecule has 0 saturated heterocycles. The molecule has 0 unspecified atom stereocenters. The van der Waals surface area contributed by atoms with Crippen molar-refractivity contribution < 1.29 is 4.99 Å². The fourth-order valence-corrected chi connectivity index (χ4v) is 0.125. The predicted octanol–water partition coefficient (Wildman–Crippen LogP) is -2.18. The average Bonchev–Trinajstić information content (AvgIpc) is 1.41. The van der Waals surface area contributed by atoms with Gasteiger partial charge in [-0.05, 0) is 0 Å². The molecule has 30 valence electrons. The first-order chi connectivity index (χ1) is 2.41. The quantitative estimate of drug-likeness (QED) is 0.157. The lowest BCUT2D eigenvalue weighted by Gasteiger charge is -1.85. The average molecular weight is 72.1 g/mol. The highest BCUT2D eigenvalue weighted by Crippen LogP contribution is 1.03. The van der Waals surface area contributed by atoms with Crippen molar-refractivity contribution in [1.29, 1.82) is 0 Å². The number of rotatable bonds is 1. The molecule has 2 nitrogen and oxygen atoms in total. The van der Waals surface area contributed by atoms with E-state index < -0.39 is 0 Å². The molecule has 0 amide bonds. The van der Waals surface area contributed by atoms with Crippen LogP contribution in [0.1, 0.15) is 0 Å². The number of nitrogens with one attached hydrogen (secondary N) is 2. The lowest BCUT2D eigenvalue weighted by atomic mass is 11.1. The number of hydrogen-bond acceptors (Lipinski definition) is 0. The third-order valence-electron chi connectivity index (χ3n) is 0.250. The maximum atomic E-state index is 2.66. The number of hydrogen-bond donors (Lipinski definition) is 2. The molecule has 0 atom stereocenters. The van der Waals surface area contributed by atoms with Crippen LogP contribution in [0.25, 0.3) is 0 Å². The van der Waals surface area contributed by atoms with E-state index in [4.69, 9.17) is 0 Å². The molecule has 0 fully saturated rings. The molecule has 0 aromatic heterocycles. The summed E-state index contributed by atoms with van der Waals surface area (Å²) in [5, 5.41) is 2.66. The molecule has 5 heavy (non-hydrogen) atoms. The van der Waals surface area contributed by atoms with Gasteiger partial charge in [0.25, 0.3) is 0 Å². The van der Waals surface area contributed by atoms with E-state index in [1.807, 2.05) is 0 Å². The van der Waals surface area contributed by atoms with E-state index in [1.165, 1.54) is 0 Å². The SMILES string of the molecule is CN[C-]=[NH+]C. The summed E-state index contributed by atoms with van der Waals surface area (Å²) in [5.74, 6) is 0. The highest BCUT2D eigenvalue weighted by molar-refractivity contribution is 5.45. The zero-order valence-electron chi connectivity index (χ0n) is 3.50. The first-order valence-corrected chi connectivity index (χ1v) is 1.50. The highest BCUT2D eigenvalue weighted by atomic mass is 14.9. The first kappa shape index (κ1) is 4.47. The predicted molar refractivity (Wildman–Crippen MR) is 21.0 cm³/mol. The maximum absolute atomic E-state index is 2.66. The van der Waals surface area contributed by atoms with Crippen molar-refractivity contribution in [2.75, 3.05) is 14.1 Å². The van der Waals surface area contributed by atoms with E-state index >= 15 is 0 Å². The second-order valence-electron chi connectivity index (χ2n) is 0.625. The van der Waals surface area contributed by atoms with Crippen LogP contribution in [0.4, 0.5) is 0 Å². The lowest BCUT2D eigenvalue weighted by Crippen LogP contribution is -2.65. The summed E-state index contributed by atoms with van der Waals surface area (Å²) in [6, 6.07) is 0. The van der Waals surface area contributed by atoms with Gasteiger partial charge >= 0.3 is 0 Å². The third kappa shape index (κ3) is 3.47. The van der Waals surface area contributed by atoms with E-state index in [0.717, 1.165) is 0 Å². The van der Waals surface area contributed by atoms with Crippen LogP contribution in [0, 0.1) is 0 Å². The minimum atomic E-state index is 1.79. The second kappa shape index (κ2) is 3.47. The first-order valence-electron chi connectivity index (χ1n) is 1.50. The summed E-state index contributed by atoms with van der Waals surface area (Å²) in [7, 11) is 3.58. The molecule has 0 aliphatic heterocycles. The Balaban J connectivity index is 2.62. The third-order valence-corrected chi connectivity index (χ3v) is 0.250. The van der Waals surface area contributed by atoms with Gasteiger partial charge in [0.15, 0.2) is 0 Å². The Morgan fingerprint density at radius 3 is 2.40 bits per heavy atom. The van der Waals surface area contributed by atoms with Gasteiger partial charge < -0.3 is 10.3 Å². The molecule has 0 saturated carbocycles. The van der Waals surface area contributed by atoms with E-state index in [-0.39, 0.29) is 0 Å². The van der Waals surface area contributed by atoms with Crippen molar-refractivity contribution in [1.82, 2.24) is 5.32 Å². The topological polar surface area (TPSA) is 26.0 Å². The van der Waals surface area contributed by atoms with Gasteiger partial charge in [-0.15, -0.1) is 6.34 Å². The van der Waals surface area contributed by atoms with Gasteiger partial charge in [-0.3, -0.25) is 0 Å². The summed E-state index contributed by atoms with van der Waals surface area (Å²) < 4.78 is 0. The van der Waals surface area contributed by atoms with Crippen LogP contribution >= 0.6 is 0 Å². The molecule has 0 rings (SSSR count). The van der Waals surface area contributed by atoms with Crippen LogP contribution in [0.15, 0.2) is 0 Å². The van der Waals surface area contributed by atoms with E-state index in [1.54, 1.807) is 14.1 Å². The van der Waals surface area contributed by atoms with Gasteiger partial charge in [0, 0.05) is 14.1 Å². The minimum Gasteiger partial charge on any atom is -0.453 e. The van der Waals surface area contributed by atoms with Crippen molar-refractivity contribution in [3.8, 4) is 0 Å². The minimum absolute atomic E-state index is 1.79. The fraction of sp³-hybridized carbons (Fsp3) is 0.667. The van der Waals surface area contributed by atoms with E-state index in [2.05, 4.69) is 16.6 Å². The highest BCUT2D eigenvalue weighted by Gasteiger charge is 1.35. The van der Waals surface area contributed by atoms with Crippen molar-refractivity contribution in [2.45, 2.75) is 0 Å². The van der Waals surface area contributed by atoms with E-state index in [9.17, 15) is 0 Å². The Morgan fingerprint density at radius 2 is 2.40 bits per heavy atom. The molecule has 0 radical (unpaired) electrons. The Hall–Kier alpha value is -0.530. The Bertz CT molecular complexity index is 31.9. The van der Waals surface area contributed by atoms with Crippen LogP contribution in [0.3, 0.4) is 0 Å². The molecule has 0 aromatic carbocycles. The molecule has 0 aliphatic carbocycles. The fourth-order valence-electron chi connectivity index (χ4n) is 0.125. The summed E-state index contributed by atoms with van der Waals surface area (Å²) in [5.41, 5.74) is 0. The van der Waals surface area contributed by atoms with Crippen molar-refractivity contribution >= 4 is 6.34 Å². The van der Waals surface area contributed by atoms with Crippen molar-refractivity contribution in [3.63, 3.8) is 0 Å². The molecule has 2 heteroatoms. The zero-order chi connectivity index (χ0) is 4.12. The van der Waals surface area contributed by atoms with Gasteiger partial charge in [0.2, 0.25) is 0 Å². The normalized spacial score (nSPS) is 9.20. The molecule has 0 bridgehead atoms. The largest absolute Gasteiger partial charge is 0.453 e. The molecule has 0 aliphatic rings. The molecule has 0 spiro atoms. The van der Waals surface area contributed by atoms with Crippen molar-refractivity contribution in [3.05, 3.63) is 0 Å². The summed E-state index contributed by atoms with van der Waals surface area (Å²) in [6.07, 6.45) is 2.61. The molecule has 0 heterocycles. The van der Waals surface area contributed by atoms with Crippen LogP contribution < -0.4 is 10.3 Å². The van der Waals surface area contributed by atoms with Crippen LogP contribution in [-0.4, -0.2) is 20.4 Å². The second-order valence-corrected chi connectivity index (χ2v) is 0.625. The molecule has 0 aromatic rings.